The second-order valence-corrected chi connectivity index (χ2v) is 8.58. The number of phenolic OH excluding ortho intramolecular Hbond substituents is 1. The van der Waals surface area contributed by atoms with Gasteiger partial charge < -0.3 is 19.7 Å². The van der Waals surface area contributed by atoms with Crippen molar-refractivity contribution in [2.45, 2.75) is 25.8 Å². The van der Waals surface area contributed by atoms with E-state index in [9.17, 15) is 19.8 Å². The molecule has 2 N–H and O–H groups in total. The lowest BCUT2D eigenvalue weighted by atomic mass is 9.94. The van der Waals surface area contributed by atoms with Crippen LogP contribution >= 0.6 is 0 Å². The Morgan fingerprint density at radius 1 is 0.914 bits per heavy atom. The van der Waals surface area contributed by atoms with E-state index in [-0.39, 0.29) is 22.8 Å². The number of rotatable bonds is 6. The fourth-order valence-corrected chi connectivity index (χ4v) is 4.22. The summed E-state index contributed by atoms with van der Waals surface area (Å²) in [5.41, 5.74) is 2.33. The number of aliphatic hydroxyl groups is 1. The first kappa shape index (κ1) is 23.9. The molecule has 1 atom stereocenters. The molecule has 3 aromatic carbocycles. The maximum Gasteiger partial charge on any atom is 0.300 e. The summed E-state index contributed by atoms with van der Waals surface area (Å²) in [5, 5.41) is 21.6. The molecule has 1 unspecified atom stereocenters. The molecule has 0 spiro atoms. The van der Waals surface area contributed by atoms with E-state index in [1.165, 1.54) is 25.2 Å². The predicted molar refractivity (Wildman–Crippen MR) is 133 cm³/mol. The van der Waals surface area contributed by atoms with Crippen LogP contribution < -0.4 is 14.4 Å². The molecular weight excluding hydrogens is 446 g/mol. The van der Waals surface area contributed by atoms with E-state index in [0.29, 0.717) is 28.5 Å². The Bertz CT molecular complexity index is 1290. The maximum atomic E-state index is 13.3. The van der Waals surface area contributed by atoms with Crippen molar-refractivity contribution in [2.75, 3.05) is 19.1 Å². The summed E-state index contributed by atoms with van der Waals surface area (Å²) in [4.78, 5) is 27.9. The number of benzene rings is 3. The summed E-state index contributed by atoms with van der Waals surface area (Å²) < 4.78 is 10.3. The van der Waals surface area contributed by atoms with Crippen molar-refractivity contribution in [1.82, 2.24) is 0 Å². The third kappa shape index (κ3) is 4.33. The zero-order valence-corrected chi connectivity index (χ0v) is 20.0. The normalized spacial score (nSPS) is 17.2. The minimum absolute atomic E-state index is 0.0716. The van der Waals surface area contributed by atoms with Crippen molar-refractivity contribution in [3.05, 3.63) is 89.0 Å². The number of hydrogen-bond acceptors (Lipinski definition) is 6. The van der Waals surface area contributed by atoms with Crippen molar-refractivity contribution in [3.63, 3.8) is 0 Å². The minimum atomic E-state index is -0.959. The number of aromatic hydroxyl groups is 1. The summed E-state index contributed by atoms with van der Waals surface area (Å²) in [5.74, 6) is -0.901. The van der Waals surface area contributed by atoms with Gasteiger partial charge in [0, 0.05) is 11.3 Å². The fraction of sp³-hybridized carbons (Fsp3) is 0.214. The Labute approximate surface area is 203 Å². The highest BCUT2D eigenvalue weighted by Gasteiger charge is 2.47. The highest BCUT2D eigenvalue weighted by molar-refractivity contribution is 6.51. The molecule has 1 aliphatic heterocycles. The third-order valence-electron chi connectivity index (χ3n) is 6.16. The van der Waals surface area contributed by atoms with Crippen LogP contribution in [0.3, 0.4) is 0 Å². The van der Waals surface area contributed by atoms with E-state index in [1.54, 1.807) is 48.5 Å². The van der Waals surface area contributed by atoms with Gasteiger partial charge in [-0.2, -0.15) is 0 Å². The number of ketones is 1. The highest BCUT2D eigenvalue weighted by atomic mass is 16.5. The van der Waals surface area contributed by atoms with Crippen LogP contribution in [0.25, 0.3) is 5.76 Å². The number of hydrogen-bond donors (Lipinski definition) is 2. The van der Waals surface area contributed by atoms with Gasteiger partial charge in [0.2, 0.25) is 0 Å². The largest absolute Gasteiger partial charge is 0.507 e. The second kappa shape index (κ2) is 9.54. The molecule has 0 radical (unpaired) electrons. The van der Waals surface area contributed by atoms with Crippen molar-refractivity contribution in [3.8, 4) is 17.2 Å². The van der Waals surface area contributed by atoms with Crippen molar-refractivity contribution < 1.29 is 29.3 Å². The molecule has 1 amide bonds. The first-order valence-electron chi connectivity index (χ1n) is 11.2. The van der Waals surface area contributed by atoms with E-state index in [1.807, 2.05) is 12.1 Å². The molecule has 7 nitrogen and oxygen atoms in total. The Morgan fingerprint density at radius 2 is 1.57 bits per heavy atom. The standard InChI is InChI=1S/C28H27NO6/c1-16(2)17-5-10-20(11-6-17)29-25(19-9-14-23(35-4)22(30)15-19)24(27(32)28(29)33)26(31)18-7-12-21(34-3)13-8-18/h5-16,25,30-31H,1-4H3/b26-24-. The van der Waals surface area contributed by atoms with Crippen LogP contribution in [0.4, 0.5) is 5.69 Å². The molecule has 1 heterocycles. The fourth-order valence-electron chi connectivity index (χ4n) is 4.22. The monoisotopic (exact) mass is 473 g/mol. The zero-order chi connectivity index (χ0) is 25.3. The molecule has 180 valence electrons. The number of ether oxygens (including phenoxy) is 2. The molecule has 1 fully saturated rings. The number of amides is 1. The topological polar surface area (TPSA) is 96.3 Å². The second-order valence-electron chi connectivity index (χ2n) is 8.58. The van der Waals surface area contributed by atoms with Crippen LogP contribution in [-0.4, -0.2) is 36.1 Å². The van der Waals surface area contributed by atoms with Gasteiger partial charge in [0.1, 0.15) is 11.5 Å². The summed E-state index contributed by atoms with van der Waals surface area (Å²) >= 11 is 0. The summed E-state index contributed by atoms with van der Waals surface area (Å²) in [7, 11) is 2.96. The molecule has 35 heavy (non-hydrogen) atoms. The van der Waals surface area contributed by atoms with Gasteiger partial charge in [-0.15, -0.1) is 0 Å². The number of aliphatic hydroxyl groups excluding tert-OH is 1. The van der Waals surface area contributed by atoms with E-state index in [4.69, 9.17) is 9.47 Å². The van der Waals surface area contributed by atoms with Crippen LogP contribution in [0, 0.1) is 0 Å². The summed E-state index contributed by atoms with van der Waals surface area (Å²) in [6.45, 7) is 4.13. The molecule has 1 aliphatic rings. The average Bonchev–Trinajstić information content (AvgIpc) is 3.13. The summed E-state index contributed by atoms with van der Waals surface area (Å²) in [6.07, 6.45) is 0. The lowest BCUT2D eigenvalue weighted by Gasteiger charge is -2.26. The Kier molecular flexibility index (Phi) is 6.51. The van der Waals surface area contributed by atoms with Gasteiger partial charge in [-0.1, -0.05) is 32.0 Å². The lowest BCUT2D eigenvalue weighted by molar-refractivity contribution is -0.132. The first-order chi connectivity index (χ1) is 16.8. The van der Waals surface area contributed by atoms with Gasteiger partial charge >= 0.3 is 0 Å². The van der Waals surface area contributed by atoms with Crippen LogP contribution in [0.5, 0.6) is 17.2 Å². The minimum Gasteiger partial charge on any atom is -0.507 e. The van der Waals surface area contributed by atoms with E-state index in [2.05, 4.69) is 13.8 Å². The molecule has 0 saturated carbocycles. The number of phenols is 1. The van der Waals surface area contributed by atoms with Crippen LogP contribution in [-0.2, 0) is 9.59 Å². The average molecular weight is 474 g/mol. The highest BCUT2D eigenvalue weighted by Crippen LogP contribution is 2.44. The van der Waals surface area contributed by atoms with Gasteiger partial charge in [0.05, 0.1) is 25.8 Å². The number of carbonyl (C=O) groups is 2. The lowest BCUT2D eigenvalue weighted by Crippen LogP contribution is -2.29. The Hall–Kier alpha value is -4.26. The van der Waals surface area contributed by atoms with E-state index >= 15 is 0 Å². The van der Waals surface area contributed by atoms with E-state index < -0.39 is 17.7 Å². The SMILES string of the molecule is COc1ccc(/C(O)=C2/C(=O)C(=O)N(c3ccc(C(C)C)cc3)C2c2ccc(OC)c(O)c2)cc1. The van der Waals surface area contributed by atoms with Crippen LogP contribution in [0.1, 0.15) is 42.5 Å². The molecule has 0 aromatic heterocycles. The quantitative estimate of drug-likeness (QED) is 0.292. The molecule has 0 aliphatic carbocycles. The van der Waals surface area contributed by atoms with Crippen molar-refractivity contribution in [1.29, 1.82) is 0 Å². The molecular formula is C28H27NO6. The van der Waals surface area contributed by atoms with Gasteiger partial charge in [0.25, 0.3) is 11.7 Å². The summed E-state index contributed by atoms with van der Waals surface area (Å²) in [6, 6.07) is 17.6. The number of Topliss-reactive ketones (excluding diaryl/α,β-unsaturated/α-hetero) is 1. The van der Waals surface area contributed by atoms with Crippen molar-refractivity contribution >= 4 is 23.1 Å². The molecule has 4 rings (SSSR count). The number of nitrogens with zero attached hydrogens (tertiary/aromatic N) is 1. The van der Waals surface area contributed by atoms with Gasteiger partial charge in [-0.25, -0.2) is 0 Å². The van der Waals surface area contributed by atoms with Crippen molar-refractivity contribution in [2.24, 2.45) is 0 Å². The van der Waals surface area contributed by atoms with E-state index in [0.717, 1.165) is 5.56 Å². The maximum absolute atomic E-state index is 13.3. The number of anilines is 1. The smallest absolute Gasteiger partial charge is 0.300 e. The predicted octanol–water partition coefficient (Wildman–Crippen LogP) is 5.16. The van der Waals surface area contributed by atoms with Crippen LogP contribution in [0.15, 0.2) is 72.3 Å². The van der Waals surface area contributed by atoms with Gasteiger partial charge in [0.15, 0.2) is 11.5 Å². The molecule has 1 saturated heterocycles. The molecule has 7 heteroatoms. The van der Waals surface area contributed by atoms with Crippen LogP contribution in [0.2, 0.25) is 0 Å². The molecule has 3 aromatic rings. The first-order valence-corrected chi connectivity index (χ1v) is 11.2. The Balaban J connectivity index is 1.91. The van der Waals surface area contributed by atoms with Gasteiger partial charge in [-0.05, 0) is 65.6 Å². The number of carbonyl (C=O) groups excluding carboxylic acids is 2. The Morgan fingerprint density at radius 3 is 2.11 bits per heavy atom. The molecule has 0 bridgehead atoms. The third-order valence-corrected chi connectivity index (χ3v) is 6.16. The number of methoxy groups -OCH3 is 2. The zero-order valence-electron chi connectivity index (χ0n) is 20.0. The van der Waals surface area contributed by atoms with Gasteiger partial charge in [-0.3, -0.25) is 14.5 Å².